The summed E-state index contributed by atoms with van der Waals surface area (Å²) in [5.74, 6) is 1.73. The highest BCUT2D eigenvalue weighted by molar-refractivity contribution is 8.15. The van der Waals surface area contributed by atoms with Crippen LogP contribution >= 0.6 is 11.8 Å². The molecule has 0 bridgehead atoms. The van der Waals surface area contributed by atoms with E-state index in [0.29, 0.717) is 54.1 Å². The van der Waals surface area contributed by atoms with Crippen molar-refractivity contribution in [3.05, 3.63) is 125 Å². The minimum Gasteiger partial charge on any atom is -0.487 e. The molecule has 4 heterocycles. The number of carboxylic acid groups (broad SMARTS) is 1. The summed E-state index contributed by atoms with van der Waals surface area (Å²) in [6.45, 7) is 2.54. The van der Waals surface area contributed by atoms with E-state index in [1.807, 2.05) is 103 Å². The molecule has 3 N–H and O–H groups in total. The first-order valence-electron chi connectivity index (χ1n) is 18.3. The zero-order valence-corrected chi connectivity index (χ0v) is 31.8. The van der Waals surface area contributed by atoms with Crippen LogP contribution in [0.5, 0.6) is 11.5 Å². The Labute approximate surface area is 330 Å². The van der Waals surface area contributed by atoms with Crippen LogP contribution in [0.4, 0.5) is 4.79 Å². The number of aromatic nitrogens is 8. The lowest BCUT2D eigenvalue weighted by atomic mass is 9.98. The number of carbonyl (C=O) groups excluding carboxylic acids is 2. The summed E-state index contributed by atoms with van der Waals surface area (Å²) in [7, 11) is 1.90. The maximum absolute atomic E-state index is 12.8. The van der Waals surface area contributed by atoms with Gasteiger partial charge in [0.1, 0.15) is 42.1 Å². The summed E-state index contributed by atoms with van der Waals surface area (Å²) in [6, 6.07) is 28.8. The Hall–Kier alpha value is -6.81. The molecule has 2 amide bonds. The van der Waals surface area contributed by atoms with Gasteiger partial charge in [-0.25, -0.2) is 14.8 Å². The predicted octanol–water partition coefficient (Wildman–Crippen LogP) is 6.37. The molecule has 0 aliphatic carbocycles. The monoisotopic (exact) mass is 783 g/mol. The third kappa shape index (κ3) is 7.98. The number of carbonyl (C=O) groups is 3. The number of thioether (sulfide) groups is 1. The van der Waals surface area contributed by atoms with Gasteiger partial charge in [-0.3, -0.25) is 14.9 Å². The second-order valence-corrected chi connectivity index (χ2v) is 14.7. The van der Waals surface area contributed by atoms with Gasteiger partial charge in [0.2, 0.25) is 11.7 Å². The van der Waals surface area contributed by atoms with Crippen LogP contribution in [0, 0.1) is 0 Å². The molecule has 1 unspecified atom stereocenters. The molecule has 57 heavy (non-hydrogen) atoms. The number of nitrogens with zero attached hydrogens (tertiary/aromatic N) is 7. The van der Waals surface area contributed by atoms with Crippen molar-refractivity contribution in [1.82, 2.24) is 45.0 Å². The zero-order chi connectivity index (χ0) is 39.5. The van der Waals surface area contributed by atoms with Crippen molar-refractivity contribution < 1.29 is 29.0 Å². The number of imidazole rings is 2. The average molecular weight is 784 g/mol. The fourth-order valence-electron chi connectivity index (χ4n) is 6.86. The topological polar surface area (TPSA) is 192 Å². The number of imide groups is 1. The molecule has 288 valence electrons. The van der Waals surface area contributed by atoms with Gasteiger partial charge in [-0.15, -0.1) is 10.2 Å². The normalized spacial score (nSPS) is 14.0. The second-order valence-electron chi connectivity index (χ2n) is 13.5. The number of benzene rings is 4. The van der Waals surface area contributed by atoms with Crippen molar-refractivity contribution in [3.8, 4) is 34.0 Å². The van der Waals surface area contributed by atoms with E-state index in [4.69, 9.17) is 19.4 Å². The molecule has 1 atom stereocenters. The van der Waals surface area contributed by atoms with Gasteiger partial charge in [-0.2, -0.15) is 5.21 Å². The van der Waals surface area contributed by atoms with Crippen LogP contribution in [0.2, 0.25) is 0 Å². The van der Waals surface area contributed by atoms with E-state index in [1.165, 1.54) is 0 Å². The molecule has 4 aromatic carbocycles. The Balaban J connectivity index is 0.948. The number of fused-ring (bicyclic) bond motifs is 1. The molecule has 0 spiro atoms. The predicted molar refractivity (Wildman–Crippen MR) is 212 cm³/mol. The number of amides is 2. The highest BCUT2D eigenvalue weighted by atomic mass is 32.2. The molecular formula is C41H37N9O6S. The van der Waals surface area contributed by atoms with Gasteiger partial charge in [0.05, 0.1) is 16.3 Å². The standard InChI is InChI=1S/C41H37N9O6S/c1-3-6-35-43-32(37(40(52)53)50(35)21-25-9-13-26(14-10-25)29-7-4-5-8-30(29)38-45-47-48-46-38)22-55-28-17-18-31-33(20-28)49(2)36(42-31)23-56-27-15-11-24(12-16-27)19-34-39(51)44-41(54)57-34/h4-5,7-18,20,34H,3,6,19,21-23H2,1-2H3,(H,52,53)(H,44,51,54)(H,45,46,47,48). The quantitative estimate of drug-likeness (QED) is 0.104. The number of aromatic carboxylic acids is 1. The van der Waals surface area contributed by atoms with Crippen LogP contribution in [-0.4, -0.2) is 67.2 Å². The van der Waals surface area contributed by atoms with Crippen LogP contribution in [0.1, 0.15) is 52.3 Å². The lowest BCUT2D eigenvalue weighted by Crippen LogP contribution is -2.25. The first-order chi connectivity index (χ1) is 27.7. The highest BCUT2D eigenvalue weighted by Crippen LogP contribution is 2.31. The third-order valence-corrected chi connectivity index (χ3v) is 10.7. The Bertz CT molecular complexity index is 2580. The van der Waals surface area contributed by atoms with Crippen molar-refractivity contribution in [2.45, 2.75) is 51.2 Å². The van der Waals surface area contributed by atoms with Gasteiger partial charge >= 0.3 is 5.97 Å². The zero-order valence-electron chi connectivity index (χ0n) is 31.0. The minimum atomic E-state index is -1.08. The SMILES string of the molecule is CCCc1nc(COc2ccc3nc(COc4ccc(CC5SC(=O)NC5=O)cc4)n(C)c3c2)c(C(=O)O)n1Cc1ccc(-c2ccccc2-c2nn[nH]n2)cc1. The number of hydrogen-bond acceptors (Lipinski definition) is 11. The minimum absolute atomic E-state index is 0.0348. The fourth-order valence-corrected chi connectivity index (χ4v) is 7.72. The number of nitrogens with one attached hydrogen (secondary N) is 2. The number of ether oxygens (including phenoxy) is 2. The van der Waals surface area contributed by atoms with Gasteiger partial charge in [0, 0.05) is 31.6 Å². The summed E-state index contributed by atoms with van der Waals surface area (Å²) in [5, 5.41) is 26.5. The highest BCUT2D eigenvalue weighted by Gasteiger charge is 2.31. The molecule has 1 fully saturated rings. The first-order valence-corrected chi connectivity index (χ1v) is 19.2. The van der Waals surface area contributed by atoms with E-state index in [2.05, 4.69) is 25.9 Å². The second kappa shape index (κ2) is 16.1. The number of carboxylic acids is 1. The summed E-state index contributed by atoms with van der Waals surface area (Å²) < 4.78 is 15.9. The lowest BCUT2D eigenvalue weighted by Gasteiger charge is -2.12. The number of aromatic amines is 1. The summed E-state index contributed by atoms with van der Waals surface area (Å²) in [6.07, 6.45) is 1.85. The number of aryl methyl sites for hydroxylation is 2. The average Bonchev–Trinajstić information content (AvgIpc) is 4.01. The number of H-pyrrole nitrogens is 1. The molecule has 15 nitrogen and oxygen atoms in total. The van der Waals surface area contributed by atoms with E-state index < -0.39 is 11.2 Å². The van der Waals surface area contributed by atoms with Crippen LogP contribution in [-0.2, 0) is 44.4 Å². The molecule has 7 aromatic rings. The van der Waals surface area contributed by atoms with Gasteiger partial charge in [-0.05, 0) is 64.6 Å². The fraction of sp³-hybridized carbons (Fsp3) is 0.220. The van der Waals surface area contributed by atoms with Gasteiger partial charge < -0.3 is 23.7 Å². The van der Waals surface area contributed by atoms with Crippen molar-refractivity contribution >= 4 is 39.9 Å². The maximum Gasteiger partial charge on any atom is 0.354 e. The smallest absolute Gasteiger partial charge is 0.354 e. The molecule has 16 heteroatoms. The van der Waals surface area contributed by atoms with E-state index in [0.717, 1.165) is 57.0 Å². The summed E-state index contributed by atoms with van der Waals surface area (Å²) >= 11 is 1.01. The van der Waals surface area contributed by atoms with Gasteiger partial charge in [-0.1, -0.05) is 79.3 Å². The lowest BCUT2D eigenvalue weighted by molar-refractivity contribution is -0.118. The Morgan fingerprint density at radius 2 is 1.61 bits per heavy atom. The van der Waals surface area contributed by atoms with E-state index in [1.54, 1.807) is 10.6 Å². The van der Waals surface area contributed by atoms with Crippen LogP contribution in [0.15, 0.2) is 91.0 Å². The van der Waals surface area contributed by atoms with E-state index in [-0.39, 0.29) is 30.1 Å². The van der Waals surface area contributed by atoms with Gasteiger partial charge in [0.25, 0.3) is 5.24 Å². The van der Waals surface area contributed by atoms with E-state index >= 15 is 0 Å². The van der Waals surface area contributed by atoms with Crippen molar-refractivity contribution in [3.63, 3.8) is 0 Å². The molecule has 0 saturated carbocycles. The molecule has 8 rings (SSSR count). The Kier molecular flexibility index (Phi) is 10.5. The molecular weight excluding hydrogens is 747 g/mol. The summed E-state index contributed by atoms with van der Waals surface area (Å²) in [4.78, 5) is 45.7. The Morgan fingerprint density at radius 1 is 0.877 bits per heavy atom. The maximum atomic E-state index is 12.8. The number of tetrazole rings is 1. The largest absolute Gasteiger partial charge is 0.487 e. The third-order valence-electron chi connectivity index (χ3n) is 9.71. The Morgan fingerprint density at radius 3 is 2.32 bits per heavy atom. The molecule has 1 aliphatic rings. The number of rotatable bonds is 15. The number of hydrogen-bond donors (Lipinski definition) is 3. The summed E-state index contributed by atoms with van der Waals surface area (Å²) in [5.41, 5.74) is 6.64. The molecule has 1 aliphatic heterocycles. The van der Waals surface area contributed by atoms with Crippen molar-refractivity contribution in [1.29, 1.82) is 0 Å². The van der Waals surface area contributed by atoms with Crippen molar-refractivity contribution in [2.75, 3.05) is 0 Å². The van der Waals surface area contributed by atoms with Crippen LogP contribution in [0.25, 0.3) is 33.5 Å². The molecule has 3 aromatic heterocycles. The van der Waals surface area contributed by atoms with Crippen molar-refractivity contribution in [2.24, 2.45) is 7.05 Å². The molecule has 0 radical (unpaired) electrons. The van der Waals surface area contributed by atoms with Gasteiger partial charge in [0.15, 0.2) is 5.69 Å². The molecule has 1 saturated heterocycles. The van der Waals surface area contributed by atoms with E-state index in [9.17, 15) is 19.5 Å². The van der Waals surface area contributed by atoms with Crippen LogP contribution in [0.3, 0.4) is 0 Å². The first kappa shape index (κ1) is 37.1. The van der Waals surface area contributed by atoms with Crippen LogP contribution < -0.4 is 14.8 Å².